The molecule has 0 saturated heterocycles. The highest BCUT2D eigenvalue weighted by molar-refractivity contribution is 6.16. The molecule has 0 radical (unpaired) electrons. The second-order valence-corrected chi connectivity index (χ2v) is 15.2. The number of hydrogen-bond donors (Lipinski definition) is 0. The largest absolute Gasteiger partial charge is 0.310 e. The van der Waals surface area contributed by atoms with E-state index in [9.17, 15) is 0 Å². The maximum atomic E-state index is 2.43. The van der Waals surface area contributed by atoms with Gasteiger partial charge in [-0.05, 0) is 141 Å². The average molecular weight is 717 g/mol. The topological polar surface area (TPSA) is 8.17 Å². The molecule has 266 valence electrons. The number of fused-ring (bicyclic) bond motifs is 7. The van der Waals surface area contributed by atoms with E-state index < -0.39 is 0 Å². The fourth-order valence-corrected chi connectivity index (χ4v) is 9.35. The van der Waals surface area contributed by atoms with Crippen molar-refractivity contribution in [1.29, 1.82) is 0 Å². The lowest BCUT2D eigenvalue weighted by atomic mass is 9.86. The van der Waals surface area contributed by atoms with Gasteiger partial charge in [0.25, 0.3) is 0 Å². The van der Waals surface area contributed by atoms with E-state index in [1.807, 2.05) is 0 Å². The molecule has 1 heterocycles. The van der Waals surface area contributed by atoms with Gasteiger partial charge in [-0.25, -0.2) is 0 Å². The van der Waals surface area contributed by atoms with Gasteiger partial charge in [-0.15, -0.1) is 0 Å². The summed E-state index contributed by atoms with van der Waals surface area (Å²) in [5, 5.41) is 7.54. The maximum absolute atomic E-state index is 2.43. The van der Waals surface area contributed by atoms with Crippen LogP contribution in [0.4, 0.5) is 17.1 Å². The SMILES string of the molecule is c1ccc(-n2c3ccccc3c3c(-c4cccc(N(c5ccc(-c6cccc7c6CCCC7)cc5)c5ccc6ccc7ccccc7c6c5)c4)cccc32)cc1. The Kier molecular flexibility index (Phi) is 7.81. The lowest BCUT2D eigenvalue weighted by Gasteiger charge is -2.27. The summed E-state index contributed by atoms with van der Waals surface area (Å²) >= 11 is 0. The van der Waals surface area contributed by atoms with Crippen LogP contribution in [-0.2, 0) is 12.8 Å². The summed E-state index contributed by atoms with van der Waals surface area (Å²) in [5.41, 5.74) is 15.1. The molecule has 11 rings (SSSR count). The lowest BCUT2D eigenvalue weighted by Crippen LogP contribution is -2.10. The van der Waals surface area contributed by atoms with Crippen molar-refractivity contribution in [3.8, 4) is 27.9 Å². The zero-order valence-electron chi connectivity index (χ0n) is 31.2. The minimum absolute atomic E-state index is 1.12. The van der Waals surface area contributed by atoms with Crippen molar-refractivity contribution in [3.05, 3.63) is 205 Å². The molecule has 10 aromatic rings. The maximum Gasteiger partial charge on any atom is 0.0547 e. The normalized spacial score (nSPS) is 12.7. The van der Waals surface area contributed by atoms with E-state index in [1.165, 1.54) is 102 Å². The Hall–Kier alpha value is -6.90. The van der Waals surface area contributed by atoms with Crippen LogP contribution >= 0.6 is 0 Å². The van der Waals surface area contributed by atoms with Crippen LogP contribution in [-0.4, -0.2) is 4.57 Å². The molecule has 1 aliphatic carbocycles. The van der Waals surface area contributed by atoms with Crippen LogP contribution in [0.15, 0.2) is 194 Å². The van der Waals surface area contributed by atoms with Gasteiger partial charge in [0, 0.05) is 33.5 Å². The van der Waals surface area contributed by atoms with Crippen molar-refractivity contribution < 1.29 is 0 Å². The van der Waals surface area contributed by atoms with Gasteiger partial charge in [0.05, 0.1) is 11.0 Å². The summed E-state index contributed by atoms with van der Waals surface area (Å²) in [7, 11) is 0. The summed E-state index contributed by atoms with van der Waals surface area (Å²) in [5.74, 6) is 0. The predicted molar refractivity (Wildman–Crippen MR) is 238 cm³/mol. The number of nitrogens with zero attached hydrogens (tertiary/aromatic N) is 2. The molecule has 1 aromatic heterocycles. The molecule has 0 aliphatic heterocycles. The Labute approximate surface area is 327 Å². The van der Waals surface area contributed by atoms with Crippen molar-refractivity contribution in [3.63, 3.8) is 0 Å². The number of hydrogen-bond acceptors (Lipinski definition) is 1. The van der Waals surface area contributed by atoms with Gasteiger partial charge in [-0.1, -0.05) is 133 Å². The second kappa shape index (κ2) is 13.4. The lowest BCUT2D eigenvalue weighted by molar-refractivity contribution is 0.687. The summed E-state index contributed by atoms with van der Waals surface area (Å²) < 4.78 is 2.40. The van der Waals surface area contributed by atoms with Crippen LogP contribution < -0.4 is 4.90 Å². The van der Waals surface area contributed by atoms with Crippen molar-refractivity contribution in [2.45, 2.75) is 25.7 Å². The average Bonchev–Trinajstić information content (AvgIpc) is 3.61. The highest BCUT2D eigenvalue weighted by Gasteiger charge is 2.20. The molecular weight excluding hydrogens is 677 g/mol. The molecule has 1 aliphatic rings. The van der Waals surface area contributed by atoms with Gasteiger partial charge in [0.1, 0.15) is 0 Å². The van der Waals surface area contributed by atoms with Crippen molar-refractivity contribution in [2.24, 2.45) is 0 Å². The van der Waals surface area contributed by atoms with E-state index >= 15 is 0 Å². The molecular formula is C54H40N2. The van der Waals surface area contributed by atoms with E-state index in [0.717, 1.165) is 23.5 Å². The first-order valence-electron chi connectivity index (χ1n) is 19.9. The van der Waals surface area contributed by atoms with Crippen LogP contribution in [0.3, 0.4) is 0 Å². The van der Waals surface area contributed by atoms with E-state index in [-0.39, 0.29) is 0 Å². The van der Waals surface area contributed by atoms with Gasteiger partial charge in [0.2, 0.25) is 0 Å². The van der Waals surface area contributed by atoms with Gasteiger partial charge in [0.15, 0.2) is 0 Å². The molecule has 0 amide bonds. The Balaban J connectivity index is 1.09. The Bertz CT molecular complexity index is 3080. The van der Waals surface area contributed by atoms with Gasteiger partial charge < -0.3 is 9.47 Å². The first kappa shape index (κ1) is 32.5. The number of rotatable bonds is 6. The molecule has 0 atom stereocenters. The first-order valence-corrected chi connectivity index (χ1v) is 19.9. The minimum Gasteiger partial charge on any atom is -0.310 e. The summed E-state index contributed by atoms with van der Waals surface area (Å²) in [6, 6.07) is 71.6. The van der Waals surface area contributed by atoms with Gasteiger partial charge in [-0.2, -0.15) is 0 Å². The molecule has 2 nitrogen and oxygen atoms in total. The van der Waals surface area contributed by atoms with Crippen molar-refractivity contribution in [2.75, 3.05) is 4.90 Å². The minimum atomic E-state index is 1.12. The number of anilines is 3. The van der Waals surface area contributed by atoms with Crippen LogP contribution in [0.2, 0.25) is 0 Å². The zero-order chi connectivity index (χ0) is 37.0. The molecule has 56 heavy (non-hydrogen) atoms. The fourth-order valence-electron chi connectivity index (χ4n) is 9.35. The molecule has 0 fully saturated rings. The summed E-state index contributed by atoms with van der Waals surface area (Å²) in [6.45, 7) is 0. The molecule has 0 spiro atoms. The highest BCUT2D eigenvalue weighted by Crippen LogP contribution is 2.43. The van der Waals surface area contributed by atoms with Gasteiger partial charge >= 0.3 is 0 Å². The van der Waals surface area contributed by atoms with Crippen LogP contribution in [0.1, 0.15) is 24.0 Å². The van der Waals surface area contributed by atoms with E-state index in [0.29, 0.717) is 0 Å². The van der Waals surface area contributed by atoms with Crippen LogP contribution in [0.25, 0.3) is 71.3 Å². The second-order valence-electron chi connectivity index (χ2n) is 15.2. The molecule has 0 bridgehead atoms. The van der Waals surface area contributed by atoms with E-state index in [4.69, 9.17) is 0 Å². The molecule has 0 N–H and O–H groups in total. The van der Waals surface area contributed by atoms with Crippen LogP contribution in [0.5, 0.6) is 0 Å². The first-order chi connectivity index (χ1) is 27.8. The monoisotopic (exact) mass is 716 g/mol. The standard InChI is InChI=1S/C54H40N2/c1-2-17-42(18-3-1)56-52-25-9-8-22-50(52)54-49(24-12-26-53(54)56)41-16-10-19-44(35-41)55(45-34-31-40-28-27-38-14-5-7-21-48(38)51(40)36-45)43-32-29-39(30-33-43)47-23-11-15-37-13-4-6-20-46(37)47/h1-3,5,7-12,14-19,21-36H,4,6,13,20H2. The number of para-hydroxylation sites is 2. The number of benzene rings is 9. The van der Waals surface area contributed by atoms with Crippen molar-refractivity contribution in [1.82, 2.24) is 4.57 Å². The third-order valence-electron chi connectivity index (χ3n) is 11.9. The third-order valence-corrected chi connectivity index (χ3v) is 11.9. The van der Waals surface area contributed by atoms with Gasteiger partial charge in [-0.3, -0.25) is 0 Å². The van der Waals surface area contributed by atoms with E-state index in [2.05, 4.69) is 204 Å². The van der Waals surface area contributed by atoms with Crippen molar-refractivity contribution >= 4 is 60.4 Å². The molecule has 2 heteroatoms. The Morgan fingerprint density at radius 2 is 1.05 bits per heavy atom. The summed E-state index contributed by atoms with van der Waals surface area (Å²) in [6.07, 6.45) is 4.90. The third kappa shape index (κ3) is 5.40. The Morgan fingerprint density at radius 3 is 1.95 bits per heavy atom. The molecule has 0 unspecified atom stereocenters. The van der Waals surface area contributed by atoms with E-state index in [1.54, 1.807) is 0 Å². The molecule has 0 saturated carbocycles. The predicted octanol–water partition coefficient (Wildman–Crippen LogP) is 14.8. The number of aromatic nitrogens is 1. The molecule has 9 aromatic carbocycles. The van der Waals surface area contributed by atoms with Crippen LogP contribution in [0, 0.1) is 0 Å². The highest BCUT2D eigenvalue weighted by atomic mass is 15.1. The quantitative estimate of drug-likeness (QED) is 0.156. The fraction of sp³-hybridized carbons (Fsp3) is 0.0741. The zero-order valence-corrected chi connectivity index (χ0v) is 31.2. The number of aryl methyl sites for hydroxylation is 1. The summed E-state index contributed by atoms with van der Waals surface area (Å²) in [4.78, 5) is 2.43. The smallest absolute Gasteiger partial charge is 0.0547 e. The Morgan fingerprint density at radius 1 is 0.393 bits per heavy atom.